The smallest absolute Gasteiger partial charge is 0.314 e. The molecule has 0 aromatic rings. The van der Waals surface area contributed by atoms with Crippen LogP contribution in [-0.2, 0) is 0 Å². The first kappa shape index (κ1) is 12.2. The highest BCUT2D eigenvalue weighted by molar-refractivity contribution is 5.73. The Morgan fingerprint density at radius 3 is 2.23 bits per heavy atom. The van der Waals surface area contributed by atoms with Gasteiger partial charge in [0.25, 0.3) is 0 Å². The number of hydrogen-bond acceptors (Lipinski definition) is 2. The Balaban J connectivity index is 4.02. The average Bonchev–Trinajstić information content (AvgIpc) is 2.02. The Labute approximate surface area is 80.7 Å². The maximum atomic E-state index is 11.1. The minimum atomic E-state index is -0.111. The van der Waals surface area contributed by atoms with Gasteiger partial charge in [0.1, 0.15) is 0 Å². The first-order valence-corrected chi connectivity index (χ1v) is 4.60. The van der Waals surface area contributed by atoms with Crippen LogP contribution < -0.4 is 10.6 Å². The second kappa shape index (κ2) is 5.80. The molecule has 0 aliphatic heterocycles. The molecule has 0 saturated carbocycles. The molecule has 2 N–H and O–H groups in total. The summed E-state index contributed by atoms with van der Waals surface area (Å²) in [5, 5.41) is 5.46. The molecule has 4 heteroatoms. The monoisotopic (exact) mass is 187 g/mol. The maximum absolute atomic E-state index is 11.1. The van der Waals surface area contributed by atoms with Crippen LogP contribution in [0, 0.1) is 5.92 Å². The van der Waals surface area contributed by atoms with Gasteiger partial charge < -0.3 is 15.5 Å². The molecule has 0 aromatic heterocycles. The van der Waals surface area contributed by atoms with E-state index in [4.69, 9.17) is 0 Å². The van der Waals surface area contributed by atoms with Crippen molar-refractivity contribution in [1.29, 1.82) is 0 Å². The average molecular weight is 187 g/mol. The number of urea groups is 1. The molecule has 0 heterocycles. The molecule has 78 valence electrons. The van der Waals surface area contributed by atoms with E-state index in [0.29, 0.717) is 5.92 Å². The number of carbonyl (C=O) groups is 1. The van der Waals surface area contributed by atoms with Crippen LogP contribution in [0.2, 0.25) is 0 Å². The fraction of sp³-hybridized carbons (Fsp3) is 0.889. The fourth-order valence-electron chi connectivity index (χ4n) is 1.06. The van der Waals surface area contributed by atoms with Crippen LogP contribution >= 0.6 is 0 Å². The van der Waals surface area contributed by atoms with Crippen molar-refractivity contribution in [2.24, 2.45) is 5.92 Å². The van der Waals surface area contributed by atoms with Crippen LogP contribution in [-0.4, -0.2) is 44.7 Å². The van der Waals surface area contributed by atoms with E-state index in [1.807, 2.05) is 14.1 Å². The number of amides is 2. The normalized spacial score (nSPS) is 13.2. The Kier molecular flexibility index (Phi) is 5.46. The lowest BCUT2D eigenvalue weighted by atomic mass is 10.0. The highest BCUT2D eigenvalue weighted by Crippen LogP contribution is 2.02. The molecule has 1 atom stereocenters. The standard InChI is InChI=1S/C9H21N3O/c1-7(2)8(6-12(4)5)11-9(13)10-3/h7-8H,6H2,1-5H3,(H2,10,11,13). The van der Waals surface area contributed by atoms with Crippen molar-refractivity contribution in [3.63, 3.8) is 0 Å². The molecule has 13 heavy (non-hydrogen) atoms. The van der Waals surface area contributed by atoms with Gasteiger partial charge in [-0.1, -0.05) is 13.8 Å². The van der Waals surface area contributed by atoms with E-state index in [-0.39, 0.29) is 12.1 Å². The van der Waals surface area contributed by atoms with Gasteiger partial charge in [-0.15, -0.1) is 0 Å². The molecule has 0 fully saturated rings. The van der Waals surface area contributed by atoms with Gasteiger partial charge in [-0.3, -0.25) is 0 Å². The SMILES string of the molecule is CNC(=O)NC(CN(C)C)C(C)C. The predicted octanol–water partition coefficient (Wildman–Crippen LogP) is 0.502. The van der Waals surface area contributed by atoms with Gasteiger partial charge in [0.05, 0.1) is 0 Å². The largest absolute Gasteiger partial charge is 0.341 e. The van der Waals surface area contributed by atoms with Gasteiger partial charge in [0.2, 0.25) is 0 Å². The second-order valence-corrected chi connectivity index (χ2v) is 3.84. The number of carbonyl (C=O) groups excluding carboxylic acids is 1. The summed E-state index contributed by atoms with van der Waals surface area (Å²) in [7, 11) is 5.63. The quantitative estimate of drug-likeness (QED) is 0.673. The van der Waals surface area contributed by atoms with Crippen molar-refractivity contribution in [2.45, 2.75) is 19.9 Å². The number of rotatable bonds is 4. The van der Waals surface area contributed by atoms with Gasteiger partial charge in [0.15, 0.2) is 0 Å². The minimum Gasteiger partial charge on any atom is -0.341 e. The summed E-state index contributed by atoms with van der Waals surface area (Å²) in [6.45, 7) is 5.07. The zero-order valence-corrected chi connectivity index (χ0v) is 9.22. The molecule has 0 rings (SSSR count). The van der Waals surface area contributed by atoms with E-state index in [2.05, 4.69) is 29.4 Å². The van der Waals surface area contributed by atoms with E-state index < -0.39 is 0 Å². The number of nitrogens with zero attached hydrogens (tertiary/aromatic N) is 1. The molecule has 0 aliphatic carbocycles. The molecule has 2 amide bonds. The van der Waals surface area contributed by atoms with Crippen LogP contribution in [0.3, 0.4) is 0 Å². The highest BCUT2D eigenvalue weighted by atomic mass is 16.2. The van der Waals surface area contributed by atoms with Crippen molar-refractivity contribution in [3.8, 4) is 0 Å². The third kappa shape index (κ3) is 5.47. The van der Waals surface area contributed by atoms with Crippen molar-refractivity contribution in [3.05, 3.63) is 0 Å². The molecule has 0 aliphatic rings. The Morgan fingerprint density at radius 2 is 1.92 bits per heavy atom. The van der Waals surface area contributed by atoms with Crippen LogP contribution in [0.15, 0.2) is 0 Å². The maximum Gasteiger partial charge on any atom is 0.314 e. The van der Waals surface area contributed by atoms with Gasteiger partial charge in [-0.2, -0.15) is 0 Å². The molecule has 0 spiro atoms. The zero-order valence-electron chi connectivity index (χ0n) is 9.22. The molecule has 0 bridgehead atoms. The lowest BCUT2D eigenvalue weighted by molar-refractivity contribution is 0.227. The van der Waals surface area contributed by atoms with E-state index in [0.717, 1.165) is 6.54 Å². The van der Waals surface area contributed by atoms with E-state index in [9.17, 15) is 4.79 Å². The Bertz CT molecular complexity index is 157. The lowest BCUT2D eigenvalue weighted by Crippen LogP contribution is -2.48. The summed E-state index contributed by atoms with van der Waals surface area (Å²) in [5.41, 5.74) is 0. The van der Waals surface area contributed by atoms with Crippen molar-refractivity contribution in [2.75, 3.05) is 27.7 Å². The zero-order chi connectivity index (χ0) is 10.4. The topological polar surface area (TPSA) is 44.4 Å². The van der Waals surface area contributed by atoms with Gasteiger partial charge in [-0.05, 0) is 20.0 Å². The first-order valence-electron chi connectivity index (χ1n) is 4.60. The number of likely N-dealkylation sites (N-methyl/N-ethyl adjacent to an activating group) is 1. The van der Waals surface area contributed by atoms with Crippen LogP contribution in [0.1, 0.15) is 13.8 Å². The molecule has 0 aromatic carbocycles. The van der Waals surface area contributed by atoms with E-state index >= 15 is 0 Å². The molecule has 1 unspecified atom stereocenters. The number of hydrogen-bond donors (Lipinski definition) is 2. The first-order chi connectivity index (χ1) is 5.97. The lowest BCUT2D eigenvalue weighted by Gasteiger charge is -2.25. The molecular formula is C9H21N3O. The second-order valence-electron chi connectivity index (χ2n) is 3.84. The predicted molar refractivity (Wildman–Crippen MR) is 54.8 cm³/mol. The third-order valence-electron chi connectivity index (χ3n) is 1.91. The summed E-state index contributed by atoms with van der Waals surface area (Å²) in [5.74, 6) is 0.444. The summed E-state index contributed by atoms with van der Waals surface area (Å²) >= 11 is 0. The van der Waals surface area contributed by atoms with E-state index in [1.165, 1.54) is 0 Å². The fourth-order valence-corrected chi connectivity index (χ4v) is 1.06. The summed E-state index contributed by atoms with van der Waals surface area (Å²) in [6.07, 6.45) is 0. The van der Waals surface area contributed by atoms with Gasteiger partial charge in [0, 0.05) is 19.6 Å². The van der Waals surface area contributed by atoms with Crippen LogP contribution in [0.4, 0.5) is 4.79 Å². The Hall–Kier alpha value is -0.770. The highest BCUT2D eigenvalue weighted by Gasteiger charge is 2.15. The summed E-state index contributed by atoms with van der Waals surface area (Å²) in [6, 6.07) is 0.0931. The molecule has 0 radical (unpaired) electrons. The van der Waals surface area contributed by atoms with Crippen LogP contribution in [0.5, 0.6) is 0 Å². The van der Waals surface area contributed by atoms with Gasteiger partial charge >= 0.3 is 6.03 Å². The molecular weight excluding hydrogens is 166 g/mol. The van der Waals surface area contributed by atoms with E-state index in [1.54, 1.807) is 7.05 Å². The van der Waals surface area contributed by atoms with Crippen molar-refractivity contribution < 1.29 is 4.79 Å². The third-order valence-corrected chi connectivity index (χ3v) is 1.91. The molecule has 4 nitrogen and oxygen atoms in total. The van der Waals surface area contributed by atoms with Gasteiger partial charge in [-0.25, -0.2) is 4.79 Å². The van der Waals surface area contributed by atoms with Crippen molar-refractivity contribution in [1.82, 2.24) is 15.5 Å². The number of nitrogens with one attached hydrogen (secondary N) is 2. The van der Waals surface area contributed by atoms with Crippen LogP contribution in [0.25, 0.3) is 0 Å². The molecule has 0 saturated heterocycles. The summed E-state index contributed by atoms with van der Waals surface area (Å²) in [4.78, 5) is 13.1. The Morgan fingerprint density at radius 1 is 1.38 bits per heavy atom. The minimum absolute atomic E-state index is 0.111. The summed E-state index contributed by atoms with van der Waals surface area (Å²) < 4.78 is 0. The van der Waals surface area contributed by atoms with Crippen molar-refractivity contribution >= 4 is 6.03 Å².